The standard InChI is InChI=1S/C16H18BrNO2S/c1-16(2,14-10-8-13(12-17)9-11-14)18-21(19,20)15-6-4-3-5-7-15/h3-11,18H,12H2,1-2H3. The van der Waals surface area contributed by atoms with Crippen LogP contribution in [0, 0.1) is 0 Å². The largest absolute Gasteiger partial charge is 0.241 e. The Morgan fingerprint density at radius 3 is 2.10 bits per heavy atom. The SMILES string of the molecule is CC(C)(NS(=O)(=O)c1ccccc1)c1ccc(CBr)cc1. The van der Waals surface area contributed by atoms with Gasteiger partial charge in [0, 0.05) is 5.33 Å². The van der Waals surface area contributed by atoms with E-state index in [0.29, 0.717) is 0 Å². The van der Waals surface area contributed by atoms with E-state index >= 15 is 0 Å². The molecule has 112 valence electrons. The molecule has 0 aliphatic carbocycles. The fourth-order valence-electron chi connectivity index (χ4n) is 2.06. The van der Waals surface area contributed by atoms with Crippen molar-refractivity contribution in [1.82, 2.24) is 4.72 Å². The van der Waals surface area contributed by atoms with Crippen molar-refractivity contribution in [1.29, 1.82) is 0 Å². The zero-order valence-corrected chi connectivity index (χ0v) is 14.4. The maximum absolute atomic E-state index is 12.4. The van der Waals surface area contributed by atoms with Crippen LogP contribution in [0.1, 0.15) is 25.0 Å². The van der Waals surface area contributed by atoms with Crippen molar-refractivity contribution in [2.24, 2.45) is 0 Å². The number of hydrogen-bond acceptors (Lipinski definition) is 2. The number of alkyl halides is 1. The van der Waals surface area contributed by atoms with Crippen LogP contribution < -0.4 is 4.72 Å². The molecule has 0 heterocycles. The minimum Gasteiger partial charge on any atom is -0.207 e. The Labute approximate surface area is 134 Å². The summed E-state index contributed by atoms with van der Waals surface area (Å²) in [7, 11) is -3.54. The predicted octanol–water partition coefficient (Wildman–Crippen LogP) is 3.80. The third kappa shape index (κ3) is 3.93. The molecule has 0 saturated carbocycles. The molecule has 0 saturated heterocycles. The van der Waals surface area contributed by atoms with Crippen molar-refractivity contribution in [2.75, 3.05) is 0 Å². The highest BCUT2D eigenvalue weighted by molar-refractivity contribution is 9.08. The molecule has 0 unspecified atom stereocenters. The predicted molar refractivity (Wildman–Crippen MR) is 88.9 cm³/mol. The van der Waals surface area contributed by atoms with Crippen molar-refractivity contribution in [2.45, 2.75) is 29.6 Å². The first-order valence-electron chi connectivity index (χ1n) is 6.59. The summed E-state index contributed by atoms with van der Waals surface area (Å²) in [5, 5.41) is 0.781. The molecule has 0 bridgehead atoms. The molecule has 1 N–H and O–H groups in total. The fourth-order valence-corrected chi connectivity index (χ4v) is 3.86. The van der Waals surface area contributed by atoms with Crippen molar-refractivity contribution >= 4 is 26.0 Å². The van der Waals surface area contributed by atoms with E-state index in [9.17, 15) is 8.42 Å². The normalized spacial score (nSPS) is 12.3. The summed E-state index contributed by atoms with van der Waals surface area (Å²) in [6.45, 7) is 3.72. The number of rotatable bonds is 5. The smallest absolute Gasteiger partial charge is 0.207 e. The topological polar surface area (TPSA) is 46.2 Å². The Balaban J connectivity index is 2.27. The average Bonchev–Trinajstić information content (AvgIpc) is 2.47. The lowest BCUT2D eigenvalue weighted by Gasteiger charge is -2.26. The number of halogens is 1. The highest BCUT2D eigenvalue weighted by Gasteiger charge is 2.27. The second kappa shape index (κ2) is 6.30. The van der Waals surface area contributed by atoms with Crippen LogP contribution in [0.5, 0.6) is 0 Å². The maximum atomic E-state index is 12.4. The average molecular weight is 368 g/mol. The van der Waals surface area contributed by atoms with Gasteiger partial charge in [-0.05, 0) is 37.1 Å². The highest BCUT2D eigenvalue weighted by atomic mass is 79.9. The molecule has 0 aliphatic rings. The van der Waals surface area contributed by atoms with Gasteiger partial charge in [-0.3, -0.25) is 0 Å². The summed E-state index contributed by atoms with van der Waals surface area (Å²) in [5.41, 5.74) is 1.40. The number of nitrogens with one attached hydrogen (secondary N) is 1. The van der Waals surface area contributed by atoms with Crippen LogP contribution in [0.25, 0.3) is 0 Å². The summed E-state index contributed by atoms with van der Waals surface area (Å²) in [5.74, 6) is 0. The van der Waals surface area contributed by atoms with Gasteiger partial charge < -0.3 is 0 Å². The van der Waals surface area contributed by atoms with Gasteiger partial charge in [0.05, 0.1) is 10.4 Å². The van der Waals surface area contributed by atoms with Crippen LogP contribution in [0.4, 0.5) is 0 Å². The molecule has 21 heavy (non-hydrogen) atoms. The van der Waals surface area contributed by atoms with Gasteiger partial charge in [0.2, 0.25) is 10.0 Å². The van der Waals surface area contributed by atoms with E-state index in [2.05, 4.69) is 20.7 Å². The van der Waals surface area contributed by atoms with Crippen LogP contribution in [0.2, 0.25) is 0 Å². The lowest BCUT2D eigenvalue weighted by atomic mass is 9.95. The first kappa shape index (κ1) is 16.2. The molecule has 3 nitrogen and oxygen atoms in total. The van der Waals surface area contributed by atoms with Gasteiger partial charge in [-0.2, -0.15) is 0 Å². The Kier molecular flexibility index (Phi) is 4.86. The summed E-state index contributed by atoms with van der Waals surface area (Å²) in [6.07, 6.45) is 0. The summed E-state index contributed by atoms with van der Waals surface area (Å²) in [6, 6.07) is 16.3. The van der Waals surface area contributed by atoms with Crippen LogP contribution in [-0.4, -0.2) is 8.42 Å². The second-order valence-corrected chi connectivity index (χ2v) is 7.62. The van der Waals surface area contributed by atoms with E-state index in [1.165, 1.54) is 0 Å². The van der Waals surface area contributed by atoms with E-state index < -0.39 is 15.6 Å². The highest BCUT2D eigenvalue weighted by Crippen LogP contribution is 2.24. The maximum Gasteiger partial charge on any atom is 0.241 e. The van der Waals surface area contributed by atoms with E-state index in [-0.39, 0.29) is 4.90 Å². The molecule has 0 aliphatic heterocycles. The first-order chi connectivity index (χ1) is 9.85. The molecule has 0 amide bonds. The van der Waals surface area contributed by atoms with Crippen LogP contribution in [0.3, 0.4) is 0 Å². The van der Waals surface area contributed by atoms with Gasteiger partial charge >= 0.3 is 0 Å². The van der Waals surface area contributed by atoms with Crippen LogP contribution >= 0.6 is 15.9 Å². The zero-order valence-electron chi connectivity index (χ0n) is 12.0. The fraction of sp³-hybridized carbons (Fsp3) is 0.250. The van der Waals surface area contributed by atoms with Crippen molar-refractivity contribution in [3.05, 3.63) is 65.7 Å². The van der Waals surface area contributed by atoms with E-state index in [0.717, 1.165) is 16.5 Å². The molecular formula is C16H18BrNO2S. The lowest BCUT2D eigenvalue weighted by molar-refractivity contribution is 0.472. The van der Waals surface area contributed by atoms with Crippen molar-refractivity contribution in [3.63, 3.8) is 0 Å². The second-order valence-electron chi connectivity index (χ2n) is 5.37. The molecule has 0 fully saturated rings. The van der Waals surface area contributed by atoms with Gasteiger partial charge in [-0.1, -0.05) is 58.4 Å². The number of benzene rings is 2. The molecule has 2 aromatic rings. The van der Waals surface area contributed by atoms with Gasteiger partial charge in [-0.25, -0.2) is 13.1 Å². The molecule has 0 aromatic heterocycles. The van der Waals surface area contributed by atoms with E-state index in [1.54, 1.807) is 30.3 Å². The van der Waals surface area contributed by atoms with E-state index in [4.69, 9.17) is 0 Å². The van der Waals surface area contributed by atoms with E-state index in [1.807, 2.05) is 38.1 Å². The molecular weight excluding hydrogens is 350 g/mol. The zero-order chi connectivity index (χ0) is 15.5. The van der Waals surface area contributed by atoms with Crippen LogP contribution in [0.15, 0.2) is 59.5 Å². The lowest BCUT2D eigenvalue weighted by Crippen LogP contribution is -2.40. The Morgan fingerprint density at radius 2 is 1.57 bits per heavy atom. The van der Waals surface area contributed by atoms with Gasteiger partial charge in [-0.15, -0.1) is 0 Å². The monoisotopic (exact) mass is 367 g/mol. The quantitative estimate of drug-likeness (QED) is 0.817. The number of hydrogen-bond donors (Lipinski definition) is 1. The molecule has 0 spiro atoms. The van der Waals surface area contributed by atoms with Crippen molar-refractivity contribution < 1.29 is 8.42 Å². The molecule has 5 heteroatoms. The summed E-state index contributed by atoms with van der Waals surface area (Å²) in [4.78, 5) is 0.273. The Bertz CT molecular complexity index is 695. The van der Waals surface area contributed by atoms with Crippen LogP contribution in [-0.2, 0) is 20.9 Å². The van der Waals surface area contributed by atoms with Gasteiger partial charge in [0.15, 0.2) is 0 Å². The third-order valence-electron chi connectivity index (χ3n) is 3.27. The molecule has 0 atom stereocenters. The van der Waals surface area contributed by atoms with Crippen molar-refractivity contribution in [3.8, 4) is 0 Å². The van der Waals surface area contributed by atoms with Gasteiger partial charge in [0.25, 0.3) is 0 Å². The number of sulfonamides is 1. The molecule has 2 rings (SSSR count). The Morgan fingerprint density at radius 1 is 1.00 bits per heavy atom. The molecule has 2 aromatic carbocycles. The minimum absolute atomic E-state index is 0.273. The minimum atomic E-state index is -3.54. The van der Waals surface area contributed by atoms with Gasteiger partial charge in [0.1, 0.15) is 0 Å². The third-order valence-corrected chi connectivity index (χ3v) is 5.59. The molecule has 0 radical (unpaired) electrons. The Hall–Kier alpha value is -1.17. The first-order valence-corrected chi connectivity index (χ1v) is 9.20. The summed E-state index contributed by atoms with van der Waals surface area (Å²) >= 11 is 3.40. The summed E-state index contributed by atoms with van der Waals surface area (Å²) < 4.78 is 27.6.